The quantitative estimate of drug-likeness (QED) is 0.488. The number of halogens is 1. The minimum Gasteiger partial charge on any atom is -0.322 e. The lowest BCUT2D eigenvalue weighted by molar-refractivity contribution is -0.385. The number of hydrogen-bond donors (Lipinski definition) is 1. The number of amides is 1. The number of hydrogen-bond acceptors (Lipinski definition) is 5. The van der Waals surface area contributed by atoms with Crippen molar-refractivity contribution < 1.29 is 9.72 Å². The fourth-order valence-electron chi connectivity index (χ4n) is 2.40. The zero-order valence-corrected chi connectivity index (χ0v) is 15.4. The van der Waals surface area contributed by atoms with E-state index in [2.05, 4.69) is 31.4 Å². The third kappa shape index (κ3) is 4.14. The van der Waals surface area contributed by atoms with E-state index in [-0.39, 0.29) is 18.1 Å². The fraction of sp³-hybridized carbons (Fsp3) is 0.188. The van der Waals surface area contributed by atoms with E-state index in [0.717, 1.165) is 16.2 Å². The lowest BCUT2D eigenvalue weighted by Gasteiger charge is -2.04. The molecule has 1 N–H and O–H groups in total. The number of carbonyl (C=O) groups excluding carboxylic acids is 1. The first-order valence-corrected chi connectivity index (χ1v) is 8.45. The van der Waals surface area contributed by atoms with Crippen molar-refractivity contribution in [2.45, 2.75) is 20.0 Å². The minimum atomic E-state index is -0.525. The van der Waals surface area contributed by atoms with Crippen LogP contribution >= 0.6 is 15.9 Å². The maximum Gasteiger partial charge on any atom is 0.309 e. The molecule has 2 heterocycles. The number of anilines is 1. The first kappa shape index (κ1) is 17.8. The molecule has 10 heteroatoms. The van der Waals surface area contributed by atoms with Crippen molar-refractivity contribution in [3.05, 3.63) is 68.7 Å². The highest BCUT2D eigenvalue weighted by molar-refractivity contribution is 9.10. The number of nitro groups is 1. The smallest absolute Gasteiger partial charge is 0.309 e. The topological polar surface area (TPSA) is 108 Å². The number of carbonyl (C=O) groups is 1. The van der Waals surface area contributed by atoms with Crippen molar-refractivity contribution >= 4 is 33.2 Å². The molecule has 0 atom stereocenters. The first-order valence-electron chi connectivity index (χ1n) is 7.66. The molecule has 2 aromatic heterocycles. The second-order valence-electron chi connectivity index (χ2n) is 5.63. The molecule has 0 aliphatic heterocycles. The highest BCUT2D eigenvalue weighted by Crippen LogP contribution is 2.16. The summed E-state index contributed by atoms with van der Waals surface area (Å²) in [5.74, 6) is -0.339. The molecule has 0 aliphatic carbocycles. The molecule has 1 aromatic carbocycles. The Kier molecular flexibility index (Phi) is 5.12. The Balaban J connectivity index is 1.61. The van der Waals surface area contributed by atoms with Gasteiger partial charge in [0, 0.05) is 10.7 Å². The van der Waals surface area contributed by atoms with Crippen LogP contribution in [0.4, 0.5) is 11.4 Å². The van der Waals surface area contributed by atoms with Crippen molar-refractivity contribution in [2.24, 2.45) is 0 Å². The van der Waals surface area contributed by atoms with Gasteiger partial charge in [-0.05, 0) is 24.6 Å². The van der Waals surface area contributed by atoms with Crippen LogP contribution in [0.5, 0.6) is 0 Å². The monoisotopic (exact) mass is 418 g/mol. The zero-order chi connectivity index (χ0) is 18.7. The lowest BCUT2D eigenvalue weighted by Crippen LogP contribution is -2.20. The number of nitrogens with zero attached hydrogens (tertiary/aromatic N) is 5. The Bertz CT molecular complexity index is 947. The van der Waals surface area contributed by atoms with Gasteiger partial charge in [0.05, 0.1) is 23.4 Å². The van der Waals surface area contributed by atoms with Gasteiger partial charge in [-0.15, -0.1) is 0 Å². The standard InChI is InChI=1S/C16H15BrN6O3/c1-11-15(23(25)26)7-19-22(11)10-16(24)20-14-6-18-21(9-14)8-12-2-4-13(17)5-3-12/h2-7,9H,8,10H2,1H3,(H,20,24). The van der Waals surface area contributed by atoms with Gasteiger partial charge in [-0.3, -0.25) is 24.3 Å². The highest BCUT2D eigenvalue weighted by Gasteiger charge is 2.18. The molecule has 1 amide bonds. The molecule has 0 bridgehead atoms. The van der Waals surface area contributed by atoms with Crippen LogP contribution in [0.15, 0.2) is 47.3 Å². The molecule has 0 unspecified atom stereocenters. The molecular formula is C16H15BrN6O3. The molecule has 0 radical (unpaired) electrons. The Hall–Kier alpha value is -3.01. The normalized spacial score (nSPS) is 10.7. The summed E-state index contributed by atoms with van der Waals surface area (Å²) in [4.78, 5) is 22.4. The van der Waals surface area contributed by atoms with E-state index in [1.165, 1.54) is 4.68 Å². The highest BCUT2D eigenvalue weighted by atomic mass is 79.9. The average molecular weight is 419 g/mol. The van der Waals surface area contributed by atoms with Crippen LogP contribution in [0, 0.1) is 17.0 Å². The van der Waals surface area contributed by atoms with Crippen molar-refractivity contribution in [2.75, 3.05) is 5.32 Å². The van der Waals surface area contributed by atoms with Crippen LogP contribution in [-0.4, -0.2) is 30.4 Å². The van der Waals surface area contributed by atoms with E-state index in [4.69, 9.17) is 0 Å². The minimum absolute atomic E-state index is 0.111. The molecule has 0 spiro atoms. The van der Waals surface area contributed by atoms with Crippen LogP contribution in [-0.2, 0) is 17.9 Å². The van der Waals surface area contributed by atoms with Crippen LogP contribution in [0.2, 0.25) is 0 Å². The van der Waals surface area contributed by atoms with E-state index in [0.29, 0.717) is 17.9 Å². The van der Waals surface area contributed by atoms with Gasteiger partial charge in [-0.1, -0.05) is 28.1 Å². The maximum absolute atomic E-state index is 12.1. The molecule has 0 saturated carbocycles. The third-order valence-electron chi connectivity index (χ3n) is 3.74. The van der Waals surface area contributed by atoms with Crippen molar-refractivity contribution in [1.82, 2.24) is 19.6 Å². The van der Waals surface area contributed by atoms with Gasteiger partial charge >= 0.3 is 5.69 Å². The fourth-order valence-corrected chi connectivity index (χ4v) is 2.67. The predicted molar refractivity (Wildman–Crippen MR) is 97.7 cm³/mol. The summed E-state index contributed by atoms with van der Waals surface area (Å²) in [6, 6.07) is 7.87. The molecule has 0 aliphatic rings. The van der Waals surface area contributed by atoms with Gasteiger partial charge in [0.15, 0.2) is 0 Å². The molecular weight excluding hydrogens is 404 g/mol. The average Bonchev–Trinajstić information content (AvgIpc) is 3.17. The summed E-state index contributed by atoms with van der Waals surface area (Å²) in [5, 5.41) is 21.6. The number of nitrogens with one attached hydrogen (secondary N) is 1. The van der Waals surface area contributed by atoms with E-state index >= 15 is 0 Å². The van der Waals surface area contributed by atoms with E-state index in [9.17, 15) is 14.9 Å². The first-order chi connectivity index (χ1) is 12.4. The largest absolute Gasteiger partial charge is 0.322 e. The maximum atomic E-state index is 12.1. The Morgan fingerprint density at radius 1 is 1.27 bits per heavy atom. The van der Waals surface area contributed by atoms with E-state index in [1.54, 1.807) is 24.0 Å². The van der Waals surface area contributed by atoms with Crippen molar-refractivity contribution in [1.29, 1.82) is 0 Å². The zero-order valence-electron chi connectivity index (χ0n) is 13.8. The third-order valence-corrected chi connectivity index (χ3v) is 4.27. The van der Waals surface area contributed by atoms with Gasteiger partial charge in [-0.25, -0.2) is 0 Å². The number of benzene rings is 1. The summed E-state index contributed by atoms with van der Waals surface area (Å²) in [7, 11) is 0. The van der Waals surface area contributed by atoms with Crippen LogP contribution in [0.25, 0.3) is 0 Å². The molecule has 26 heavy (non-hydrogen) atoms. The number of aromatic nitrogens is 4. The summed E-state index contributed by atoms with van der Waals surface area (Å²) in [5.41, 5.74) is 1.84. The predicted octanol–water partition coefficient (Wildman–Crippen LogP) is 2.75. The molecule has 0 fully saturated rings. The lowest BCUT2D eigenvalue weighted by atomic mass is 10.2. The molecule has 9 nitrogen and oxygen atoms in total. The summed E-state index contributed by atoms with van der Waals surface area (Å²) in [6.45, 7) is 2.01. The van der Waals surface area contributed by atoms with Crippen molar-refractivity contribution in [3.63, 3.8) is 0 Å². The van der Waals surface area contributed by atoms with Crippen molar-refractivity contribution in [3.8, 4) is 0 Å². The Labute approximate surface area is 156 Å². The molecule has 134 valence electrons. The van der Waals surface area contributed by atoms with E-state index < -0.39 is 4.92 Å². The Morgan fingerprint density at radius 3 is 2.65 bits per heavy atom. The SMILES string of the molecule is Cc1c([N+](=O)[O-])cnn1CC(=O)Nc1cnn(Cc2ccc(Br)cc2)c1. The number of rotatable bonds is 6. The van der Waals surface area contributed by atoms with E-state index in [1.807, 2.05) is 24.3 Å². The summed E-state index contributed by atoms with van der Waals surface area (Å²) < 4.78 is 4.01. The second kappa shape index (κ2) is 7.48. The van der Waals surface area contributed by atoms with Gasteiger partial charge in [0.1, 0.15) is 18.4 Å². The van der Waals surface area contributed by atoms with Crippen LogP contribution < -0.4 is 5.32 Å². The van der Waals surface area contributed by atoms with Gasteiger partial charge in [-0.2, -0.15) is 10.2 Å². The van der Waals surface area contributed by atoms with Gasteiger partial charge in [0.25, 0.3) is 0 Å². The van der Waals surface area contributed by atoms with Crippen LogP contribution in [0.3, 0.4) is 0 Å². The van der Waals surface area contributed by atoms with Gasteiger partial charge in [0.2, 0.25) is 5.91 Å². The summed E-state index contributed by atoms with van der Waals surface area (Å²) >= 11 is 3.39. The van der Waals surface area contributed by atoms with Gasteiger partial charge < -0.3 is 5.32 Å². The Morgan fingerprint density at radius 2 is 2.00 bits per heavy atom. The molecule has 3 rings (SSSR count). The molecule has 0 saturated heterocycles. The second-order valence-corrected chi connectivity index (χ2v) is 6.55. The van der Waals surface area contributed by atoms with Crippen LogP contribution in [0.1, 0.15) is 11.3 Å². The molecule has 3 aromatic rings. The summed E-state index contributed by atoms with van der Waals surface area (Å²) in [6.07, 6.45) is 4.41.